The van der Waals surface area contributed by atoms with Gasteiger partial charge in [-0.15, -0.1) is 0 Å². The molecule has 1 rings (SSSR count). The molecule has 0 heterocycles. The van der Waals surface area contributed by atoms with Crippen LogP contribution in [-0.2, 0) is 9.59 Å². The summed E-state index contributed by atoms with van der Waals surface area (Å²) in [5.74, 6) is -1.71. The summed E-state index contributed by atoms with van der Waals surface area (Å²) < 4.78 is 0. The summed E-state index contributed by atoms with van der Waals surface area (Å²) in [6, 6.07) is 5.05. The van der Waals surface area contributed by atoms with E-state index in [2.05, 4.69) is 16.0 Å². The normalized spacial score (nSPS) is 9.70. The molecule has 0 aliphatic carbocycles. The van der Waals surface area contributed by atoms with Crippen molar-refractivity contribution in [1.29, 1.82) is 0 Å². The molecular weight excluding hydrogens is 262 g/mol. The van der Waals surface area contributed by atoms with E-state index in [4.69, 9.17) is 5.11 Å². The van der Waals surface area contributed by atoms with Crippen molar-refractivity contribution in [3.8, 4) is 0 Å². The SMILES string of the molecule is Cc1cc(C)cc(NC(=O)NCC(=O)NCC(=O)O)c1. The molecule has 20 heavy (non-hydrogen) atoms. The molecule has 0 bridgehead atoms. The molecule has 0 fully saturated rings. The largest absolute Gasteiger partial charge is 0.480 e. The maximum Gasteiger partial charge on any atom is 0.322 e. The molecule has 1 aromatic carbocycles. The van der Waals surface area contributed by atoms with Crippen LogP contribution >= 0.6 is 0 Å². The third-order valence-electron chi connectivity index (χ3n) is 2.33. The molecule has 0 spiro atoms. The minimum absolute atomic E-state index is 0.288. The summed E-state index contributed by atoms with van der Waals surface area (Å²) in [7, 11) is 0. The molecule has 0 atom stereocenters. The standard InChI is InChI=1S/C13H17N3O4/c1-8-3-9(2)5-10(4-8)16-13(20)15-6-11(17)14-7-12(18)19/h3-5H,6-7H2,1-2H3,(H,14,17)(H,18,19)(H2,15,16,20). The van der Waals surface area contributed by atoms with Crippen molar-refractivity contribution >= 4 is 23.6 Å². The molecule has 3 amide bonds. The Morgan fingerprint density at radius 2 is 1.60 bits per heavy atom. The van der Waals surface area contributed by atoms with E-state index >= 15 is 0 Å². The van der Waals surface area contributed by atoms with Crippen LogP contribution in [0, 0.1) is 13.8 Å². The van der Waals surface area contributed by atoms with Crippen molar-refractivity contribution in [2.45, 2.75) is 13.8 Å². The highest BCUT2D eigenvalue weighted by Gasteiger charge is 2.07. The first-order chi connectivity index (χ1) is 9.36. The minimum atomic E-state index is -1.14. The average molecular weight is 279 g/mol. The molecule has 0 radical (unpaired) electrons. The number of amides is 3. The second kappa shape index (κ2) is 7.13. The zero-order valence-corrected chi connectivity index (χ0v) is 11.3. The molecule has 1 aromatic rings. The van der Waals surface area contributed by atoms with E-state index in [-0.39, 0.29) is 6.54 Å². The monoisotopic (exact) mass is 279 g/mol. The van der Waals surface area contributed by atoms with Gasteiger partial charge in [-0.3, -0.25) is 9.59 Å². The highest BCUT2D eigenvalue weighted by atomic mass is 16.4. The first-order valence-corrected chi connectivity index (χ1v) is 5.98. The maximum absolute atomic E-state index is 11.6. The fourth-order valence-electron chi connectivity index (χ4n) is 1.62. The molecule has 108 valence electrons. The molecule has 0 aliphatic rings. The molecule has 4 N–H and O–H groups in total. The van der Waals surface area contributed by atoms with Gasteiger partial charge in [0, 0.05) is 5.69 Å². The Balaban J connectivity index is 2.40. The van der Waals surface area contributed by atoms with Gasteiger partial charge in [-0.05, 0) is 37.1 Å². The van der Waals surface area contributed by atoms with E-state index in [1.165, 1.54) is 0 Å². The summed E-state index contributed by atoms with van der Waals surface area (Å²) >= 11 is 0. The number of nitrogens with one attached hydrogen (secondary N) is 3. The van der Waals surface area contributed by atoms with Gasteiger partial charge in [0.25, 0.3) is 0 Å². The van der Waals surface area contributed by atoms with Gasteiger partial charge >= 0.3 is 12.0 Å². The molecule has 0 aromatic heterocycles. The van der Waals surface area contributed by atoms with Gasteiger partial charge < -0.3 is 21.1 Å². The Kier molecular flexibility index (Phi) is 5.52. The third kappa shape index (κ3) is 5.85. The number of hydrogen-bond donors (Lipinski definition) is 4. The number of rotatable bonds is 5. The number of carboxylic acids is 1. The van der Waals surface area contributed by atoms with Crippen molar-refractivity contribution in [2.24, 2.45) is 0 Å². The summed E-state index contributed by atoms with van der Waals surface area (Å²) in [5, 5.41) is 15.4. The van der Waals surface area contributed by atoms with Crippen LogP contribution in [0.5, 0.6) is 0 Å². The summed E-state index contributed by atoms with van der Waals surface area (Å²) in [4.78, 5) is 33.0. The van der Waals surface area contributed by atoms with E-state index in [1.807, 2.05) is 19.9 Å². The van der Waals surface area contributed by atoms with Crippen LogP contribution in [0.4, 0.5) is 10.5 Å². The Labute approximate surface area is 116 Å². The van der Waals surface area contributed by atoms with Crippen molar-refractivity contribution in [1.82, 2.24) is 10.6 Å². The van der Waals surface area contributed by atoms with E-state index in [1.54, 1.807) is 12.1 Å². The average Bonchev–Trinajstić information content (AvgIpc) is 2.32. The first-order valence-electron chi connectivity index (χ1n) is 5.98. The lowest BCUT2D eigenvalue weighted by Gasteiger charge is -2.09. The highest BCUT2D eigenvalue weighted by molar-refractivity contribution is 5.92. The second-order valence-corrected chi connectivity index (χ2v) is 4.35. The molecule has 7 heteroatoms. The number of aliphatic carboxylic acids is 1. The van der Waals surface area contributed by atoms with E-state index in [0.29, 0.717) is 5.69 Å². The van der Waals surface area contributed by atoms with Gasteiger partial charge in [0.15, 0.2) is 0 Å². The van der Waals surface area contributed by atoms with E-state index in [9.17, 15) is 14.4 Å². The van der Waals surface area contributed by atoms with Crippen molar-refractivity contribution < 1.29 is 19.5 Å². The van der Waals surface area contributed by atoms with E-state index < -0.39 is 24.5 Å². The number of hydrogen-bond acceptors (Lipinski definition) is 3. The molecular formula is C13H17N3O4. The predicted molar refractivity (Wildman–Crippen MR) is 73.6 cm³/mol. The summed E-state index contributed by atoms with van der Waals surface area (Å²) in [6.45, 7) is 3.06. The predicted octanol–water partition coefficient (Wildman–Crippen LogP) is 0.626. The fraction of sp³-hybridized carbons (Fsp3) is 0.308. The third-order valence-corrected chi connectivity index (χ3v) is 2.33. The van der Waals surface area contributed by atoms with Gasteiger partial charge in [0.1, 0.15) is 6.54 Å². The minimum Gasteiger partial charge on any atom is -0.480 e. The number of urea groups is 1. The highest BCUT2D eigenvalue weighted by Crippen LogP contribution is 2.13. The van der Waals surface area contributed by atoms with E-state index in [0.717, 1.165) is 11.1 Å². The Hall–Kier alpha value is -2.57. The molecule has 0 unspecified atom stereocenters. The molecule has 0 aliphatic heterocycles. The van der Waals surface area contributed by atoms with Crippen molar-refractivity contribution in [3.05, 3.63) is 29.3 Å². The van der Waals surface area contributed by atoms with Gasteiger partial charge in [-0.1, -0.05) is 6.07 Å². The van der Waals surface area contributed by atoms with Gasteiger partial charge in [-0.25, -0.2) is 4.79 Å². The van der Waals surface area contributed by atoms with Crippen LogP contribution in [0.1, 0.15) is 11.1 Å². The number of aryl methyl sites for hydroxylation is 2. The number of benzene rings is 1. The lowest BCUT2D eigenvalue weighted by Crippen LogP contribution is -2.40. The van der Waals surface area contributed by atoms with Gasteiger partial charge in [0.05, 0.1) is 6.54 Å². The summed E-state index contributed by atoms with van der Waals surface area (Å²) in [6.07, 6.45) is 0. The Bertz CT molecular complexity index is 508. The quantitative estimate of drug-likeness (QED) is 0.634. The number of anilines is 1. The number of carboxylic acid groups (broad SMARTS) is 1. The maximum atomic E-state index is 11.6. The Morgan fingerprint density at radius 1 is 1.00 bits per heavy atom. The Morgan fingerprint density at radius 3 is 2.15 bits per heavy atom. The summed E-state index contributed by atoms with van der Waals surface area (Å²) in [5.41, 5.74) is 2.66. The van der Waals surface area contributed by atoms with Crippen molar-refractivity contribution in [3.63, 3.8) is 0 Å². The van der Waals surface area contributed by atoms with Gasteiger partial charge in [-0.2, -0.15) is 0 Å². The van der Waals surface area contributed by atoms with Crippen molar-refractivity contribution in [2.75, 3.05) is 18.4 Å². The lowest BCUT2D eigenvalue weighted by molar-refractivity contribution is -0.137. The fourth-order valence-corrected chi connectivity index (χ4v) is 1.62. The number of carbonyl (C=O) groups excluding carboxylic acids is 2. The van der Waals surface area contributed by atoms with Crippen LogP contribution < -0.4 is 16.0 Å². The van der Waals surface area contributed by atoms with Gasteiger partial charge in [0.2, 0.25) is 5.91 Å². The van der Waals surface area contributed by atoms with Crippen LogP contribution in [-0.4, -0.2) is 36.1 Å². The van der Waals surface area contributed by atoms with Crippen LogP contribution in [0.25, 0.3) is 0 Å². The topological polar surface area (TPSA) is 108 Å². The zero-order valence-electron chi connectivity index (χ0n) is 11.3. The molecule has 7 nitrogen and oxygen atoms in total. The second-order valence-electron chi connectivity index (χ2n) is 4.35. The number of carbonyl (C=O) groups is 3. The van der Waals surface area contributed by atoms with Crippen LogP contribution in [0.15, 0.2) is 18.2 Å². The molecule has 0 saturated heterocycles. The smallest absolute Gasteiger partial charge is 0.322 e. The molecule has 0 saturated carbocycles. The lowest BCUT2D eigenvalue weighted by atomic mass is 10.1. The zero-order chi connectivity index (χ0) is 15.1. The van der Waals surface area contributed by atoms with Crippen LogP contribution in [0.2, 0.25) is 0 Å². The van der Waals surface area contributed by atoms with Crippen LogP contribution in [0.3, 0.4) is 0 Å². The first kappa shape index (κ1) is 15.5.